The van der Waals surface area contributed by atoms with E-state index in [1.807, 2.05) is 0 Å². The zero-order chi connectivity index (χ0) is 12.0. The van der Waals surface area contributed by atoms with Crippen molar-refractivity contribution in [2.75, 3.05) is 19.8 Å². The summed E-state index contributed by atoms with van der Waals surface area (Å²) in [5, 5.41) is 0. The highest BCUT2D eigenvalue weighted by Crippen LogP contribution is 2.53. The molecule has 0 aromatic heterocycles. The molecule has 1 aliphatic carbocycles. The van der Waals surface area contributed by atoms with Gasteiger partial charge in [0.2, 0.25) is 0 Å². The number of nitrogens with two attached hydrogens (primary N) is 1. The van der Waals surface area contributed by atoms with Gasteiger partial charge in [-0.05, 0) is 18.9 Å². The molecular formula is C12H13BrFNO2. The van der Waals surface area contributed by atoms with Crippen LogP contribution < -0.4 is 15.2 Å². The molecule has 0 unspecified atom stereocenters. The molecule has 2 N–H and O–H groups in total. The molecule has 1 fully saturated rings. The lowest BCUT2D eigenvalue weighted by atomic mass is 9.95. The zero-order valence-corrected chi connectivity index (χ0v) is 10.8. The van der Waals surface area contributed by atoms with Crippen molar-refractivity contribution in [2.45, 2.75) is 18.3 Å². The number of hydrogen-bond donors (Lipinski definition) is 1. The first-order valence-corrected chi connectivity index (χ1v) is 6.45. The van der Waals surface area contributed by atoms with Crippen molar-refractivity contribution in [2.24, 2.45) is 5.73 Å². The summed E-state index contributed by atoms with van der Waals surface area (Å²) in [6, 6.07) is 1.78. The summed E-state index contributed by atoms with van der Waals surface area (Å²) in [6.45, 7) is 1.31. The molecule has 0 saturated heterocycles. The van der Waals surface area contributed by atoms with Crippen LogP contribution in [0.25, 0.3) is 0 Å². The highest BCUT2D eigenvalue weighted by Gasteiger charge is 2.47. The standard InChI is InChI=1S/C12H13BrFNO2/c13-7-5-8-11(17-4-3-16-8)10(14)9(7)12(6-15)1-2-12/h5H,1-4,6,15H2. The Morgan fingerprint density at radius 1 is 1.35 bits per heavy atom. The topological polar surface area (TPSA) is 44.5 Å². The first-order valence-electron chi connectivity index (χ1n) is 5.66. The van der Waals surface area contributed by atoms with E-state index >= 15 is 0 Å². The van der Waals surface area contributed by atoms with Gasteiger partial charge < -0.3 is 15.2 Å². The van der Waals surface area contributed by atoms with Gasteiger partial charge in [-0.15, -0.1) is 0 Å². The predicted molar refractivity (Wildman–Crippen MR) is 65.1 cm³/mol. The average molecular weight is 302 g/mol. The van der Waals surface area contributed by atoms with Crippen LogP contribution in [0, 0.1) is 5.82 Å². The minimum Gasteiger partial charge on any atom is -0.486 e. The van der Waals surface area contributed by atoms with E-state index in [1.165, 1.54) is 0 Å². The Labute approximate surface area is 107 Å². The maximum Gasteiger partial charge on any atom is 0.197 e. The molecule has 1 aromatic carbocycles. The number of hydrogen-bond acceptors (Lipinski definition) is 3. The van der Waals surface area contributed by atoms with Crippen LogP contribution in [0.4, 0.5) is 4.39 Å². The van der Waals surface area contributed by atoms with E-state index in [2.05, 4.69) is 15.9 Å². The van der Waals surface area contributed by atoms with E-state index in [-0.39, 0.29) is 17.0 Å². The van der Waals surface area contributed by atoms with Crippen LogP contribution >= 0.6 is 15.9 Å². The Morgan fingerprint density at radius 2 is 2.06 bits per heavy atom. The number of rotatable bonds is 2. The lowest BCUT2D eigenvalue weighted by molar-refractivity contribution is 0.163. The molecule has 1 heterocycles. The fourth-order valence-corrected chi connectivity index (χ4v) is 3.11. The molecule has 1 aromatic rings. The van der Waals surface area contributed by atoms with Gasteiger partial charge in [0.05, 0.1) is 0 Å². The number of fused-ring (bicyclic) bond motifs is 1. The van der Waals surface area contributed by atoms with Crippen molar-refractivity contribution >= 4 is 15.9 Å². The Morgan fingerprint density at radius 3 is 2.71 bits per heavy atom. The second kappa shape index (κ2) is 3.85. The highest BCUT2D eigenvalue weighted by molar-refractivity contribution is 9.10. The van der Waals surface area contributed by atoms with E-state index in [0.717, 1.165) is 17.3 Å². The van der Waals surface area contributed by atoms with Crippen molar-refractivity contribution < 1.29 is 13.9 Å². The second-order valence-corrected chi connectivity index (χ2v) is 5.41. The van der Waals surface area contributed by atoms with Gasteiger partial charge in [0.25, 0.3) is 0 Å². The summed E-state index contributed by atoms with van der Waals surface area (Å²) >= 11 is 3.41. The normalized spacial score (nSPS) is 20.2. The van der Waals surface area contributed by atoms with Crippen molar-refractivity contribution in [3.8, 4) is 11.5 Å². The summed E-state index contributed by atoms with van der Waals surface area (Å²) in [7, 11) is 0. The van der Waals surface area contributed by atoms with Crippen LogP contribution in [-0.2, 0) is 5.41 Å². The predicted octanol–water partition coefficient (Wildman–Crippen LogP) is 2.35. The summed E-state index contributed by atoms with van der Waals surface area (Å²) in [6.07, 6.45) is 1.86. The van der Waals surface area contributed by atoms with Gasteiger partial charge in [-0.25, -0.2) is 4.39 Å². The van der Waals surface area contributed by atoms with Gasteiger partial charge in [-0.3, -0.25) is 0 Å². The molecular weight excluding hydrogens is 289 g/mol. The van der Waals surface area contributed by atoms with E-state index in [4.69, 9.17) is 15.2 Å². The Kier molecular flexibility index (Phi) is 2.56. The van der Waals surface area contributed by atoms with E-state index in [9.17, 15) is 4.39 Å². The largest absolute Gasteiger partial charge is 0.486 e. The van der Waals surface area contributed by atoms with Gasteiger partial charge in [-0.2, -0.15) is 0 Å². The van der Waals surface area contributed by atoms with Gasteiger partial charge in [0, 0.05) is 22.0 Å². The summed E-state index contributed by atoms with van der Waals surface area (Å²) in [5.41, 5.74) is 6.19. The molecule has 3 nitrogen and oxygen atoms in total. The minimum absolute atomic E-state index is 0.210. The van der Waals surface area contributed by atoms with Crippen LogP contribution in [-0.4, -0.2) is 19.8 Å². The quantitative estimate of drug-likeness (QED) is 0.912. The molecule has 0 spiro atoms. The maximum absolute atomic E-state index is 14.4. The molecule has 1 saturated carbocycles. The van der Waals surface area contributed by atoms with Crippen LogP contribution in [0.3, 0.4) is 0 Å². The van der Waals surface area contributed by atoms with E-state index in [1.54, 1.807) is 6.07 Å². The monoisotopic (exact) mass is 301 g/mol. The van der Waals surface area contributed by atoms with Crippen LogP contribution in [0.1, 0.15) is 18.4 Å². The fraction of sp³-hybridized carbons (Fsp3) is 0.500. The minimum atomic E-state index is -0.322. The molecule has 3 rings (SSSR count). The third-order valence-electron chi connectivity index (χ3n) is 3.50. The zero-order valence-electron chi connectivity index (χ0n) is 9.26. The Hall–Kier alpha value is -0.810. The molecule has 2 aliphatic rings. The molecule has 92 valence electrons. The molecule has 5 heteroatoms. The molecule has 0 amide bonds. The highest BCUT2D eigenvalue weighted by atomic mass is 79.9. The van der Waals surface area contributed by atoms with E-state index < -0.39 is 0 Å². The van der Waals surface area contributed by atoms with Crippen LogP contribution in [0.15, 0.2) is 10.5 Å². The van der Waals surface area contributed by atoms with Crippen molar-refractivity contribution in [3.63, 3.8) is 0 Å². The van der Waals surface area contributed by atoms with Crippen LogP contribution in [0.5, 0.6) is 11.5 Å². The molecule has 17 heavy (non-hydrogen) atoms. The van der Waals surface area contributed by atoms with Crippen LogP contribution in [0.2, 0.25) is 0 Å². The van der Waals surface area contributed by atoms with Crippen molar-refractivity contribution in [3.05, 3.63) is 21.9 Å². The fourth-order valence-electron chi connectivity index (χ4n) is 2.31. The Bertz CT molecular complexity index is 474. The van der Waals surface area contributed by atoms with Crippen molar-refractivity contribution in [1.82, 2.24) is 0 Å². The smallest absolute Gasteiger partial charge is 0.197 e. The summed E-state index contributed by atoms with van der Waals surface area (Å²) < 4.78 is 25.9. The first kappa shape index (κ1) is 11.3. The number of halogens is 2. The van der Waals surface area contributed by atoms with Crippen molar-refractivity contribution in [1.29, 1.82) is 0 Å². The lowest BCUT2D eigenvalue weighted by Crippen LogP contribution is -2.24. The van der Waals surface area contributed by atoms with Gasteiger partial charge in [0.1, 0.15) is 13.2 Å². The SMILES string of the molecule is NCC1(c2c(Br)cc3c(c2F)OCCO3)CC1. The van der Waals surface area contributed by atoms with E-state index in [0.29, 0.717) is 31.1 Å². The first-order chi connectivity index (χ1) is 8.18. The Balaban J connectivity index is 2.16. The third-order valence-corrected chi connectivity index (χ3v) is 4.13. The average Bonchev–Trinajstić information content (AvgIpc) is 3.10. The second-order valence-electron chi connectivity index (χ2n) is 4.56. The van der Waals surface area contributed by atoms with Gasteiger partial charge >= 0.3 is 0 Å². The van der Waals surface area contributed by atoms with Gasteiger partial charge in [0.15, 0.2) is 17.3 Å². The third kappa shape index (κ3) is 1.64. The molecule has 1 aliphatic heterocycles. The molecule has 0 bridgehead atoms. The summed E-state index contributed by atoms with van der Waals surface area (Å²) in [4.78, 5) is 0. The number of ether oxygens (including phenoxy) is 2. The maximum atomic E-state index is 14.4. The summed E-state index contributed by atoms with van der Waals surface area (Å²) in [5.74, 6) is 0.378. The number of benzene rings is 1. The lowest BCUT2D eigenvalue weighted by Gasteiger charge is -2.23. The molecule has 0 atom stereocenters. The van der Waals surface area contributed by atoms with Gasteiger partial charge in [-0.1, -0.05) is 15.9 Å². The molecule has 0 radical (unpaired) electrons.